The monoisotopic (exact) mass is 428 g/mol. The second-order valence-corrected chi connectivity index (χ2v) is 8.71. The van der Waals surface area contributed by atoms with E-state index in [4.69, 9.17) is 4.74 Å². The van der Waals surface area contributed by atoms with Gasteiger partial charge in [0.1, 0.15) is 5.65 Å². The van der Waals surface area contributed by atoms with Crippen LogP contribution in [0.2, 0.25) is 0 Å². The fraction of sp³-hybridized carbons (Fsp3) is 0.409. The number of nitrogens with zero attached hydrogens (tertiary/aromatic N) is 2. The highest BCUT2D eigenvalue weighted by Crippen LogP contribution is 2.33. The molecule has 0 aliphatic heterocycles. The lowest BCUT2D eigenvalue weighted by molar-refractivity contribution is -0.114. The number of ether oxygens (including phenoxy) is 1. The Labute approximate surface area is 180 Å². The van der Waals surface area contributed by atoms with Gasteiger partial charge in [0.15, 0.2) is 5.69 Å². The second kappa shape index (κ2) is 9.30. The lowest BCUT2D eigenvalue weighted by Crippen LogP contribution is -2.16. The van der Waals surface area contributed by atoms with Crippen molar-refractivity contribution in [2.24, 2.45) is 5.92 Å². The van der Waals surface area contributed by atoms with Crippen molar-refractivity contribution in [1.82, 2.24) is 9.55 Å². The maximum Gasteiger partial charge on any atom is 0.356 e. The third kappa shape index (κ3) is 4.64. The minimum atomic E-state index is -0.496. The van der Waals surface area contributed by atoms with Gasteiger partial charge in [-0.1, -0.05) is 13.8 Å². The lowest BCUT2D eigenvalue weighted by atomic mass is 10.1. The van der Waals surface area contributed by atoms with Crippen molar-refractivity contribution >= 4 is 45.6 Å². The average Bonchev–Trinajstić information content (AvgIpc) is 3.24. The summed E-state index contributed by atoms with van der Waals surface area (Å²) in [5, 5.41) is 8.99. The molecule has 0 atom stereocenters. The summed E-state index contributed by atoms with van der Waals surface area (Å²) in [5.74, 6) is -0.299. The fourth-order valence-corrected chi connectivity index (χ4v) is 4.15. The fourth-order valence-electron chi connectivity index (χ4n) is 3.31. The molecule has 160 valence electrons. The molecule has 8 heteroatoms. The van der Waals surface area contributed by atoms with Crippen LogP contribution >= 0.6 is 11.3 Å². The van der Waals surface area contributed by atoms with E-state index < -0.39 is 5.97 Å². The molecule has 0 saturated heterocycles. The van der Waals surface area contributed by atoms with E-state index in [2.05, 4.69) is 47.8 Å². The van der Waals surface area contributed by atoms with Gasteiger partial charge in [0.05, 0.1) is 24.7 Å². The summed E-state index contributed by atoms with van der Waals surface area (Å²) in [6.07, 6.45) is 2.63. The first-order valence-electron chi connectivity index (χ1n) is 9.96. The van der Waals surface area contributed by atoms with Gasteiger partial charge in [-0.3, -0.25) is 4.79 Å². The minimum absolute atomic E-state index is 0.254. The van der Waals surface area contributed by atoms with Crippen LogP contribution in [0.1, 0.15) is 48.1 Å². The smallest absolute Gasteiger partial charge is 0.356 e. The Morgan fingerprint density at radius 1 is 1.33 bits per heavy atom. The first-order valence-corrected chi connectivity index (χ1v) is 10.8. The van der Waals surface area contributed by atoms with E-state index in [-0.39, 0.29) is 5.91 Å². The van der Waals surface area contributed by atoms with Gasteiger partial charge in [-0.15, -0.1) is 11.3 Å². The number of carbonyl (C=O) groups is 2. The molecule has 0 saturated carbocycles. The average molecular weight is 429 g/mol. The zero-order valence-electron chi connectivity index (χ0n) is 18.0. The molecule has 3 aromatic heterocycles. The molecule has 7 nitrogen and oxygen atoms in total. The predicted molar refractivity (Wildman–Crippen MR) is 121 cm³/mol. The van der Waals surface area contributed by atoms with Crippen LogP contribution in [-0.4, -0.2) is 28.5 Å². The van der Waals surface area contributed by atoms with Crippen LogP contribution < -0.4 is 10.6 Å². The summed E-state index contributed by atoms with van der Waals surface area (Å²) >= 11 is 1.70. The number of aryl methyl sites for hydroxylation is 2. The molecule has 1 amide bonds. The molecule has 2 N–H and O–H groups in total. The maximum atomic E-state index is 12.6. The van der Waals surface area contributed by atoms with E-state index in [1.807, 2.05) is 10.6 Å². The normalized spacial score (nSPS) is 11.1. The quantitative estimate of drug-likeness (QED) is 0.503. The topological polar surface area (TPSA) is 85.2 Å². The van der Waals surface area contributed by atoms with E-state index in [1.165, 1.54) is 24.5 Å². The van der Waals surface area contributed by atoms with Crippen molar-refractivity contribution in [3.8, 4) is 0 Å². The number of rotatable bonds is 8. The van der Waals surface area contributed by atoms with Crippen LogP contribution in [-0.2, 0) is 22.6 Å². The number of nitrogens with one attached hydrogen (secondary N) is 2. The van der Waals surface area contributed by atoms with Crippen LogP contribution in [0.4, 0.5) is 11.4 Å². The molecule has 30 heavy (non-hydrogen) atoms. The number of pyridine rings is 1. The maximum absolute atomic E-state index is 12.6. The van der Waals surface area contributed by atoms with Crippen molar-refractivity contribution < 1.29 is 14.3 Å². The Bertz CT molecular complexity index is 1070. The third-order valence-electron chi connectivity index (χ3n) is 4.93. The molecule has 0 aliphatic rings. The Morgan fingerprint density at radius 2 is 2.10 bits per heavy atom. The van der Waals surface area contributed by atoms with Gasteiger partial charge in [-0.2, -0.15) is 0 Å². The molecule has 0 radical (unpaired) electrons. The van der Waals surface area contributed by atoms with E-state index >= 15 is 0 Å². The van der Waals surface area contributed by atoms with E-state index in [0.29, 0.717) is 41.4 Å². The third-order valence-corrected chi connectivity index (χ3v) is 5.95. The SMILES string of the molecule is COC(=O)c1c(NC(C)=O)c2cc(NCc3sccc3C)cnc2n1CCC(C)C. The van der Waals surface area contributed by atoms with Crippen molar-refractivity contribution in [3.63, 3.8) is 0 Å². The first-order chi connectivity index (χ1) is 14.3. The minimum Gasteiger partial charge on any atom is -0.464 e. The summed E-state index contributed by atoms with van der Waals surface area (Å²) in [5.41, 5.74) is 3.48. The summed E-state index contributed by atoms with van der Waals surface area (Å²) < 4.78 is 6.87. The van der Waals surface area contributed by atoms with Gasteiger partial charge in [0.25, 0.3) is 0 Å². The van der Waals surface area contributed by atoms with Gasteiger partial charge < -0.3 is 19.9 Å². The largest absolute Gasteiger partial charge is 0.464 e. The number of anilines is 2. The van der Waals surface area contributed by atoms with E-state index in [1.54, 1.807) is 17.5 Å². The molecule has 0 aromatic carbocycles. The standard InChI is InChI=1S/C22H28N4O3S/c1-13(2)6-8-26-20(22(28)29-5)19(25-15(4)27)17-10-16(11-24-21(17)26)23-12-18-14(3)7-9-30-18/h7,9-11,13,23H,6,8,12H2,1-5H3,(H,25,27). The van der Waals surface area contributed by atoms with Crippen LogP contribution in [0, 0.1) is 12.8 Å². The zero-order valence-corrected chi connectivity index (χ0v) is 18.9. The van der Waals surface area contributed by atoms with Crippen LogP contribution in [0.3, 0.4) is 0 Å². The van der Waals surface area contributed by atoms with Crippen LogP contribution in [0.25, 0.3) is 11.0 Å². The molecule has 0 spiro atoms. The number of hydrogen-bond acceptors (Lipinski definition) is 6. The number of esters is 1. The van der Waals surface area contributed by atoms with Gasteiger partial charge in [-0.25, -0.2) is 9.78 Å². The summed E-state index contributed by atoms with van der Waals surface area (Å²) in [6, 6.07) is 4.02. The Kier molecular flexibility index (Phi) is 6.77. The molecule has 3 rings (SSSR count). The molecule has 0 aliphatic carbocycles. The van der Waals surface area contributed by atoms with Crippen molar-refractivity contribution in [3.05, 3.63) is 39.8 Å². The van der Waals surface area contributed by atoms with E-state index in [0.717, 1.165) is 12.1 Å². The number of methoxy groups -OCH3 is 1. The number of hydrogen-bond donors (Lipinski definition) is 2. The Hall–Kier alpha value is -2.87. The van der Waals surface area contributed by atoms with Gasteiger partial charge >= 0.3 is 5.97 Å². The van der Waals surface area contributed by atoms with Gasteiger partial charge in [-0.05, 0) is 42.3 Å². The molecule has 3 heterocycles. The zero-order chi connectivity index (χ0) is 21.8. The summed E-state index contributed by atoms with van der Waals surface area (Å²) in [4.78, 5) is 30.4. The number of amides is 1. The molecule has 3 aromatic rings. The number of aromatic nitrogens is 2. The second-order valence-electron chi connectivity index (χ2n) is 7.71. The van der Waals surface area contributed by atoms with Crippen LogP contribution in [0.5, 0.6) is 0 Å². The number of carbonyl (C=O) groups excluding carboxylic acids is 2. The summed E-state index contributed by atoms with van der Waals surface area (Å²) in [7, 11) is 1.34. The Balaban J connectivity index is 2.07. The highest BCUT2D eigenvalue weighted by molar-refractivity contribution is 7.10. The van der Waals surface area contributed by atoms with E-state index in [9.17, 15) is 9.59 Å². The lowest BCUT2D eigenvalue weighted by Gasteiger charge is -2.11. The summed E-state index contributed by atoms with van der Waals surface area (Å²) in [6.45, 7) is 9.05. The van der Waals surface area contributed by atoms with Gasteiger partial charge in [0, 0.05) is 30.3 Å². The highest BCUT2D eigenvalue weighted by atomic mass is 32.1. The number of fused-ring (bicyclic) bond motifs is 1. The predicted octanol–water partition coefficient (Wildman–Crippen LogP) is 4.81. The van der Waals surface area contributed by atoms with Crippen molar-refractivity contribution in [1.29, 1.82) is 0 Å². The van der Waals surface area contributed by atoms with Gasteiger partial charge in [0.2, 0.25) is 5.91 Å². The molecule has 0 fully saturated rings. The Morgan fingerprint density at radius 3 is 2.70 bits per heavy atom. The molecule has 0 bridgehead atoms. The molecular formula is C22H28N4O3S. The highest BCUT2D eigenvalue weighted by Gasteiger charge is 2.25. The number of thiophene rings is 1. The van der Waals surface area contributed by atoms with Crippen molar-refractivity contribution in [2.45, 2.75) is 47.2 Å². The van der Waals surface area contributed by atoms with Crippen LogP contribution in [0.15, 0.2) is 23.7 Å². The first kappa shape index (κ1) is 21.8. The van der Waals surface area contributed by atoms with Crippen molar-refractivity contribution in [2.75, 3.05) is 17.7 Å². The molecular weight excluding hydrogens is 400 g/mol. The molecule has 0 unspecified atom stereocenters.